The molecule has 6 aromatic carbocycles. The van der Waals surface area contributed by atoms with Gasteiger partial charge in [-0.25, -0.2) is 0 Å². The fraction of sp³-hybridized carbons (Fsp3) is 0.200. The zero-order valence-electron chi connectivity index (χ0n) is 34.3. The van der Waals surface area contributed by atoms with Gasteiger partial charge in [-0.1, -0.05) is 23.6 Å². The molecular weight excluding hydrogens is 899 g/mol. The Morgan fingerprint density at radius 1 is 0.469 bits per heavy atom. The van der Waals surface area contributed by atoms with Crippen LogP contribution < -0.4 is 99.7 Å². The summed E-state index contributed by atoms with van der Waals surface area (Å²) >= 11 is 0. The van der Waals surface area contributed by atoms with E-state index in [1.54, 1.807) is 0 Å². The average Bonchev–Trinajstić information content (AvgIpc) is 3.22. The van der Waals surface area contributed by atoms with Gasteiger partial charge in [0, 0.05) is 23.5 Å². The van der Waals surface area contributed by atoms with E-state index in [1.807, 2.05) is 0 Å². The molecule has 0 fully saturated rings. The number of hydrogen-bond acceptors (Lipinski definition) is 18. The van der Waals surface area contributed by atoms with Gasteiger partial charge in [0.1, 0.15) is 36.2 Å². The second-order valence-electron chi connectivity index (χ2n) is 13.3. The molecule has 20 nitrogen and oxygen atoms in total. The van der Waals surface area contributed by atoms with Gasteiger partial charge in [0.15, 0.2) is 23.0 Å². The predicted molar refractivity (Wildman–Crippen MR) is 220 cm³/mol. The molecule has 0 aromatic heterocycles. The maximum Gasteiger partial charge on any atom is 1.00 e. The third-order valence-electron chi connectivity index (χ3n) is 9.00. The van der Waals surface area contributed by atoms with Crippen LogP contribution in [0.4, 0.5) is 34.1 Å². The minimum absolute atomic E-state index is 0. The van der Waals surface area contributed by atoms with Gasteiger partial charge in [-0.15, -0.1) is 10.2 Å². The monoisotopic (exact) mass is 934 g/mol. The number of azo groups is 2. The first-order valence-corrected chi connectivity index (χ1v) is 21.3. The fourth-order valence-corrected chi connectivity index (χ4v) is 7.42. The smallest absolute Gasteiger partial charge is 0.871 e. The zero-order chi connectivity index (χ0) is 44.0. The van der Waals surface area contributed by atoms with Crippen molar-refractivity contribution in [2.24, 2.45) is 20.5 Å². The molecule has 0 atom stereocenters. The van der Waals surface area contributed by atoms with Crippen LogP contribution in [-0.4, -0.2) is 78.8 Å². The number of nitrogen functional groups attached to an aromatic ring is 2. The molecule has 0 bridgehead atoms. The van der Waals surface area contributed by atoms with Gasteiger partial charge in [0.25, 0.3) is 20.2 Å². The first-order valence-electron chi connectivity index (χ1n) is 18.5. The summed E-state index contributed by atoms with van der Waals surface area (Å²) in [5.74, 6) is -0.550. The van der Waals surface area contributed by atoms with Crippen molar-refractivity contribution in [2.45, 2.75) is 9.79 Å². The van der Waals surface area contributed by atoms with Crippen molar-refractivity contribution in [3.8, 4) is 34.5 Å². The van der Waals surface area contributed by atoms with Crippen LogP contribution in [0.1, 0.15) is 0 Å². The average molecular weight is 935 g/mol. The molecule has 0 radical (unpaired) electrons. The van der Waals surface area contributed by atoms with E-state index in [-0.39, 0.29) is 168 Å². The van der Waals surface area contributed by atoms with Crippen molar-refractivity contribution in [1.82, 2.24) is 0 Å². The van der Waals surface area contributed by atoms with Gasteiger partial charge >= 0.3 is 59.1 Å². The van der Waals surface area contributed by atoms with E-state index in [1.165, 1.54) is 72.8 Å². The summed E-state index contributed by atoms with van der Waals surface area (Å²) in [6, 6.07) is 19.8. The first-order chi connectivity index (χ1) is 29.7. The minimum Gasteiger partial charge on any atom is -0.871 e. The van der Waals surface area contributed by atoms with Crippen molar-refractivity contribution >= 4 is 75.9 Å². The Labute approximate surface area is 410 Å². The number of hydrogen-bond donors (Lipinski definition) is 4. The topological polar surface area (TPSA) is 312 Å². The van der Waals surface area contributed by atoms with E-state index >= 15 is 0 Å². The molecule has 6 N–H and O–H groups in total. The molecule has 1 heterocycles. The summed E-state index contributed by atoms with van der Waals surface area (Å²) < 4.78 is 104. The Kier molecular flexibility index (Phi) is 17.2. The van der Waals surface area contributed by atoms with Crippen molar-refractivity contribution in [3.05, 3.63) is 84.9 Å². The molecule has 0 amide bonds. The molecule has 0 unspecified atom stereocenters. The largest absolute Gasteiger partial charge is 1.00 e. The van der Waals surface area contributed by atoms with Crippen LogP contribution in [0.25, 0.3) is 21.5 Å². The number of nitrogens with two attached hydrogens (primary N) is 2. The zero-order valence-corrected chi connectivity index (χ0v) is 39.9. The molecule has 24 heteroatoms. The van der Waals surface area contributed by atoms with Gasteiger partial charge in [0.2, 0.25) is 0 Å². The normalized spacial score (nSPS) is 14.4. The molecule has 64 heavy (non-hydrogen) atoms. The molecule has 0 saturated carbocycles. The molecule has 6 aromatic rings. The van der Waals surface area contributed by atoms with Gasteiger partial charge in [-0.2, -0.15) is 27.1 Å². The molecule has 0 spiro atoms. The molecule has 0 aliphatic carbocycles. The predicted octanol–water partition coefficient (Wildman–Crippen LogP) is -0.101. The summed E-state index contributed by atoms with van der Waals surface area (Å²) in [6.45, 7) is 0.674. The van der Waals surface area contributed by atoms with E-state index in [4.69, 9.17) is 39.9 Å². The molecule has 324 valence electrons. The molecular formula is C40H36N6Na2O14S2. The number of rotatable bonds is 6. The quantitative estimate of drug-likeness (QED) is 0.0733. The van der Waals surface area contributed by atoms with Gasteiger partial charge in [0.05, 0.1) is 49.2 Å². The molecule has 7 rings (SSSR count). The van der Waals surface area contributed by atoms with Crippen LogP contribution in [0.15, 0.2) is 115 Å². The third-order valence-corrected chi connectivity index (χ3v) is 10.7. The summed E-state index contributed by atoms with van der Waals surface area (Å²) in [5.41, 5.74) is 11.3. The van der Waals surface area contributed by atoms with E-state index < -0.39 is 52.9 Å². The van der Waals surface area contributed by atoms with E-state index in [0.717, 1.165) is 12.1 Å². The van der Waals surface area contributed by atoms with Crippen molar-refractivity contribution < 1.29 is 124 Å². The van der Waals surface area contributed by atoms with Gasteiger partial charge in [-0.05, 0) is 82.2 Å². The van der Waals surface area contributed by atoms with Crippen LogP contribution in [0, 0.1) is 0 Å². The van der Waals surface area contributed by atoms with Gasteiger partial charge < -0.3 is 50.1 Å². The third kappa shape index (κ3) is 12.3. The number of ether oxygens (including phenoxy) is 6. The number of fused-ring (bicyclic) bond motifs is 4. The first kappa shape index (κ1) is 50.2. The number of benzene rings is 6. The van der Waals surface area contributed by atoms with E-state index in [0.29, 0.717) is 11.5 Å². The Morgan fingerprint density at radius 2 is 0.828 bits per heavy atom. The maximum absolute atomic E-state index is 13.3. The summed E-state index contributed by atoms with van der Waals surface area (Å²) in [6.07, 6.45) is 0. The molecule has 1 aliphatic rings. The molecule has 0 saturated heterocycles. The minimum atomic E-state index is -4.87. The van der Waals surface area contributed by atoms with Crippen molar-refractivity contribution in [2.75, 3.05) is 64.3 Å². The Morgan fingerprint density at radius 3 is 1.19 bits per heavy atom. The van der Waals surface area contributed by atoms with E-state index in [9.17, 15) is 36.2 Å². The Balaban J connectivity index is 0.00000385. The SMILES string of the molecule is Nc1ccc2cc(S(=O)(=O)O)c(N=Nc3ccc4c(c3)OCCOCCOc3ccc(N=Nc5c(S(=O)(=O)O)cc6ccc(N)cc6c5[O-])cc3OCCOCCO4)c([O-])c2c1.[Na+].[Na+]. The van der Waals surface area contributed by atoms with Crippen LogP contribution in [-0.2, 0) is 29.7 Å². The van der Waals surface area contributed by atoms with Crippen LogP contribution in [0.2, 0.25) is 0 Å². The standard InChI is InChI=1S/C40H38N6O14S2.2Na/c41-25-3-1-23-17-35(61(49,50)51)37(39(47)29(23)19-25)45-43-27-5-7-31-33(21-27)59-15-11-55-10-14-58-32-8-6-28(22-34(32)60-16-12-56-9-13-57-31)44-46-38-36(62(52,53)54)18-24-2-4-26(42)20-30(24)40(38)48;;/h1-8,17-22,47-48H,9-16,41-42H2,(H,49,50,51)(H,52,53,54);;/q;2*+1/p-2. The Bertz CT molecular complexity index is 2760. The second kappa shape index (κ2) is 21.9. The van der Waals surface area contributed by atoms with Crippen LogP contribution >= 0.6 is 0 Å². The van der Waals surface area contributed by atoms with Crippen LogP contribution in [0.3, 0.4) is 0 Å². The number of anilines is 2. The second-order valence-corrected chi connectivity index (χ2v) is 16.1. The van der Waals surface area contributed by atoms with E-state index in [2.05, 4.69) is 20.5 Å². The van der Waals surface area contributed by atoms with Gasteiger partial charge in [-0.3, -0.25) is 9.11 Å². The fourth-order valence-electron chi connectivity index (χ4n) is 6.12. The summed E-state index contributed by atoms with van der Waals surface area (Å²) in [5, 5.41) is 43.1. The maximum atomic E-state index is 13.3. The van der Waals surface area contributed by atoms with Crippen molar-refractivity contribution in [3.63, 3.8) is 0 Å². The number of nitrogens with zero attached hydrogens (tertiary/aromatic N) is 4. The van der Waals surface area contributed by atoms with Crippen molar-refractivity contribution in [1.29, 1.82) is 0 Å². The van der Waals surface area contributed by atoms with Crippen LogP contribution in [0.5, 0.6) is 34.5 Å². The summed E-state index contributed by atoms with van der Waals surface area (Å²) in [7, 11) is -9.73. The summed E-state index contributed by atoms with van der Waals surface area (Å²) in [4.78, 5) is -1.44. The molecule has 1 aliphatic heterocycles. The Hall–Kier alpha value is -4.82.